The number of halogens is 1. The molecule has 5 rings (SSSR count). The number of nitrogens with one attached hydrogen (secondary N) is 2. The second kappa shape index (κ2) is 11.6. The molecule has 0 saturated heterocycles. The van der Waals surface area contributed by atoms with Crippen molar-refractivity contribution in [3.63, 3.8) is 0 Å². The lowest BCUT2D eigenvalue weighted by Gasteiger charge is -2.32. The molecular weight excluding hydrogens is 510 g/mol. The minimum absolute atomic E-state index is 0.133. The lowest BCUT2D eigenvalue weighted by molar-refractivity contribution is -0.132. The molecule has 4 aromatic rings. The van der Waals surface area contributed by atoms with E-state index in [1.807, 2.05) is 66.2 Å². The van der Waals surface area contributed by atoms with E-state index in [9.17, 15) is 9.59 Å². The fourth-order valence-electron chi connectivity index (χ4n) is 5.32. The standard InChI is InChI=1S/C31H34ClN5O2/c1-31(13-5-3-6-14-31)30(39)35-19-21-9-11-25(32)23(16-21)18-28-36-26-17-22(10-12-27(26)37(28)2)29(38)34-20-24-8-4-7-15-33-24/h4,7-12,15-17H,3,5-6,13-14,18-20H2,1-2H3,(H,34,38)(H,35,39). The number of aryl methyl sites for hydroxylation is 1. The van der Waals surface area contributed by atoms with E-state index in [1.54, 1.807) is 6.20 Å². The minimum atomic E-state index is -0.269. The van der Waals surface area contributed by atoms with Crippen LogP contribution in [0, 0.1) is 5.41 Å². The number of imidazole rings is 1. The third-order valence-corrected chi connectivity index (χ3v) is 8.18. The third kappa shape index (κ3) is 6.14. The van der Waals surface area contributed by atoms with E-state index in [0.29, 0.717) is 30.1 Å². The van der Waals surface area contributed by atoms with Gasteiger partial charge in [0, 0.05) is 42.2 Å². The first kappa shape index (κ1) is 26.9. The van der Waals surface area contributed by atoms with Crippen molar-refractivity contribution in [3.8, 4) is 0 Å². The molecule has 1 fully saturated rings. The fourth-order valence-corrected chi connectivity index (χ4v) is 5.51. The molecule has 7 nitrogen and oxygen atoms in total. The van der Waals surface area contributed by atoms with Crippen LogP contribution in [0.4, 0.5) is 0 Å². The molecule has 0 atom stereocenters. The second-order valence-electron chi connectivity index (χ2n) is 10.7. The average molecular weight is 544 g/mol. The summed E-state index contributed by atoms with van der Waals surface area (Å²) in [7, 11) is 1.97. The number of aromatic nitrogens is 3. The van der Waals surface area contributed by atoms with Crippen molar-refractivity contribution in [3.05, 3.63) is 94.0 Å². The van der Waals surface area contributed by atoms with Gasteiger partial charge in [0.1, 0.15) is 5.82 Å². The zero-order valence-electron chi connectivity index (χ0n) is 22.5. The Kier molecular flexibility index (Phi) is 7.98. The first-order chi connectivity index (χ1) is 18.8. The lowest BCUT2D eigenvalue weighted by atomic mass is 9.75. The predicted octanol–water partition coefficient (Wildman–Crippen LogP) is 5.73. The molecule has 1 saturated carbocycles. The van der Waals surface area contributed by atoms with Gasteiger partial charge in [-0.25, -0.2) is 4.98 Å². The van der Waals surface area contributed by atoms with Crippen LogP contribution in [0.5, 0.6) is 0 Å². The maximum atomic E-state index is 12.9. The summed E-state index contributed by atoms with van der Waals surface area (Å²) in [5.74, 6) is 0.803. The highest BCUT2D eigenvalue weighted by Crippen LogP contribution is 2.36. The fraction of sp³-hybridized carbons (Fsp3) is 0.355. The van der Waals surface area contributed by atoms with Gasteiger partial charge in [-0.3, -0.25) is 14.6 Å². The molecule has 2 amide bonds. The van der Waals surface area contributed by atoms with Crippen molar-refractivity contribution in [2.75, 3.05) is 0 Å². The Hall–Kier alpha value is -3.71. The van der Waals surface area contributed by atoms with Gasteiger partial charge in [-0.05, 0) is 60.4 Å². The summed E-state index contributed by atoms with van der Waals surface area (Å²) in [5, 5.41) is 6.72. The van der Waals surface area contributed by atoms with Crippen LogP contribution in [-0.2, 0) is 31.4 Å². The molecule has 0 aliphatic heterocycles. The van der Waals surface area contributed by atoms with Crippen LogP contribution in [-0.4, -0.2) is 26.3 Å². The van der Waals surface area contributed by atoms with E-state index in [-0.39, 0.29) is 17.2 Å². The summed E-state index contributed by atoms with van der Waals surface area (Å²) in [6.07, 6.45) is 7.58. The molecule has 2 heterocycles. The largest absolute Gasteiger partial charge is 0.352 e. The summed E-state index contributed by atoms with van der Waals surface area (Å²) in [6, 6.07) is 17.0. The number of hydrogen-bond donors (Lipinski definition) is 2. The van der Waals surface area contributed by atoms with Gasteiger partial charge in [0.25, 0.3) is 5.91 Å². The number of carbonyl (C=O) groups is 2. The second-order valence-corrected chi connectivity index (χ2v) is 11.1. The van der Waals surface area contributed by atoms with Crippen LogP contribution in [0.2, 0.25) is 5.02 Å². The quantitative estimate of drug-likeness (QED) is 0.297. The first-order valence-electron chi connectivity index (χ1n) is 13.5. The molecule has 1 aliphatic carbocycles. The van der Waals surface area contributed by atoms with Crippen molar-refractivity contribution < 1.29 is 9.59 Å². The van der Waals surface area contributed by atoms with E-state index in [0.717, 1.165) is 59.4 Å². The third-order valence-electron chi connectivity index (χ3n) is 7.81. The number of hydrogen-bond acceptors (Lipinski definition) is 4. The van der Waals surface area contributed by atoms with E-state index >= 15 is 0 Å². The highest BCUT2D eigenvalue weighted by Gasteiger charge is 2.34. The van der Waals surface area contributed by atoms with Crippen LogP contribution < -0.4 is 10.6 Å². The number of benzene rings is 2. The molecule has 202 valence electrons. The zero-order chi connectivity index (χ0) is 27.4. The lowest BCUT2D eigenvalue weighted by Crippen LogP contribution is -2.39. The van der Waals surface area contributed by atoms with Crippen LogP contribution >= 0.6 is 11.6 Å². The highest BCUT2D eigenvalue weighted by molar-refractivity contribution is 6.31. The van der Waals surface area contributed by atoms with Gasteiger partial charge in [0.05, 0.1) is 23.3 Å². The van der Waals surface area contributed by atoms with Gasteiger partial charge >= 0.3 is 0 Å². The molecule has 8 heteroatoms. The van der Waals surface area contributed by atoms with Crippen LogP contribution in [0.1, 0.15) is 72.0 Å². The van der Waals surface area contributed by atoms with E-state index < -0.39 is 0 Å². The Balaban J connectivity index is 1.28. The van der Waals surface area contributed by atoms with Crippen molar-refractivity contribution in [2.24, 2.45) is 12.5 Å². The van der Waals surface area contributed by atoms with Crippen molar-refractivity contribution in [2.45, 2.75) is 58.5 Å². The van der Waals surface area contributed by atoms with Crippen molar-refractivity contribution in [1.29, 1.82) is 0 Å². The number of amides is 2. The average Bonchev–Trinajstić information content (AvgIpc) is 3.26. The van der Waals surface area contributed by atoms with Crippen LogP contribution in [0.15, 0.2) is 60.8 Å². The molecule has 2 aromatic carbocycles. The number of nitrogens with zero attached hydrogens (tertiary/aromatic N) is 3. The summed E-state index contributed by atoms with van der Waals surface area (Å²) in [5.41, 5.74) is 4.71. The maximum absolute atomic E-state index is 12.9. The number of carbonyl (C=O) groups excluding carboxylic acids is 2. The molecule has 0 bridgehead atoms. The molecule has 0 spiro atoms. The van der Waals surface area contributed by atoms with Gasteiger partial charge in [-0.1, -0.05) is 56.0 Å². The minimum Gasteiger partial charge on any atom is -0.352 e. The van der Waals surface area contributed by atoms with Gasteiger partial charge in [-0.2, -0.15) is 0 Å². The molecule has 2 N–H and O–H groups in total. The Morgan fingerprint density at radius 2 is 1.82 bits per heavy atom. The van der Waals surface area contributed by atoms with Gasteiger partial charge in [0.2, 0.25) is 5.91 Å². The summed E-state index contributed by atoms with van der Waals surface area (Å²) in [6.45, 7) is 2.91. The van der Waals surface area contributed by atoms with Gasteiger partial charge < -0.3 is 15.2 Å². The van der Waals surface area contributed by atoms with Gasteiger partial charge in [-0.15, -0.1) is 0 Å². The molecular formula is C31H34ClN5O2. The number of rotatable bonds is 8. The summed E-state index contributed by atoms with van der Waals surface area (Å²) < 4.78 is 2.03. The molecule has 1 aliphatic rings. The topological polar surface area (TPSA) is 88.9 Å². The molecule has 0 radical (unpaired) electrons. The normalized spacial score (nSPS) is 14.7. The Morgan fingerprint density at radius 1 is 1.00 bits per heavy atom. The predicted molar refractivity (Wildman–Crippen MR) is 153 cm³/mol. The highest BCUT2D eigenvalue weighted by atomic mass is 35.5. The number of pyridine rings is 1. The Labute approximate surface area is 234 Å². The first-order valence-corrected chi connectivity index (χ1v) is 13.9. The van der Waals surface area contributed by atoms with Gasteiger partial charge in [0.15, 0.2) is 0 Å². The van der Waals surface area contributed by atoms with Crippen LogP contribution in [0.3, 0.4) is 0 Å². The Bertz CT molecular complexity index is 1490. The number of fused-ring (bicyclic) bond motifs is 1. The SMILES string of the molecule is Cn1c(Cc2cc(CNC(=O)C3(C)CCCCC3)ccc2Cl)nc2cc(C(=O)NCc3ccccn3)ccc21. The van der Waals surface area contributed by atoms with Crippen molar-refractivity contribution in [1.82, 2.24) is 25.2 Å². The van der Waals surface area contributed by atoms with E-state index in [1.165, 1.54) is 6.42 Å². The Morgan fingerprint density at radius 3 is 2.59 bits per heavy atom. The summed E-state index contributed by atoms with van der Waals surface area (Å²) >= 11 is 6.57. The summed E-state index contributed by atoms with van der Waals surface area (Å²) in [4.78, 5) is 34.7. The molecule has 2 aromatic heterocycles. The molecule has 39 heavy (non-hydrogen) atoms. The van der Waals surface area contributed by atoms with Crippen LogP contribution in [0.25, 0.3) is 11.0 Å². The monoisotopic (exact) mass is 543 g/mol. The van der Waals surface area contributed by atoms with Crippen molar-refractivity contribution >= 4 is 34.4 Å². The smallest absolute Gasteiger partial charge is 0.251 e. The van der Waals surface area contributed by atoms with E-state index in [2.05, 4.69) is 22.5 Å². The zero-order valence-corrected chi connectivity index (χ0v) is 23.2. The molecule has 0 unspecified atom stereocenters. The van der Waals surface area contributed by atoms with E-state index in [4.69, 9.17) is 16.6 Å². The maximum Gasteiger partial charge on any atom is 0.251 e.